The average molecular weight is 278 g/mol. The molecular weight excluding hydrogens is 270 g/mol. The molecule has 0 atom stereocenters. The van der Waals surface area contributed by atoms with Gasteiger partial charge in [0.15, 0.2) is 0 Å². The summed E-state index contributed by atoms with van der Waals surface area (Å²) in [7, 11) is 0. The van der Waals surface area contributed by atoms with Crippen LogP contribution >= 0.6 is 11.6 Å². The minimum atomic E-state index is 0.0839. The van der Waals surface area contributed by atoms with Crippen LogP contribution in [-0.2, 0) is 6.54 Å². The molecule has 0 spiro atoms. The normalized spacial score (nSPS) is 10.6. The van der Waals surface area contributed by atoms with Crippen LogP contribution in [0.4, 0.5) is 5.95 Å². The highest BCUT2D eigenvalue weighted by Gasteiger charge is 2.07. The third kappa shape index (κ3) is 2.65. The van der Waals surface area contributed by atoms with E-state index in [9.17, 15) is 0 Å². The number of nitrogens with zero attached hydrogens (tertiary/aromatic N) is 7. The molecule has 0 amide bonds. The summed E-state index contributed by atoms with van der Waals surface area (Å²) in [5.74, 6) is 1.34. The molecule has 0 aliphatic carbocycles. The van der Waals surface area contributed by atoms with Gasteiger partial charge in [-0.25, -0.2) is 9.67 Å². The van der Waals surface area contributed by atoms with Crippen molar-refractivity contribution in [2.75, 3.05) is 5.32 Å². The Hall–Kier alpha value is -2.55. The first-order chi connectivity index (χ1) is 9.31. The lowest BCUT2D eigenvalue weighted by Gasteiger charge is -2.05. The maximum atomic E-state index is 5.85. The Bertz CT molecular complexity index is 648. The van der Waals surface area contributed by atoms with Gasteiger partial charge in [0.2, 0.25) is 11.2 Å². The Morgan fingerprint density at radius 2 is 2.26 bits per heavy atom. The molecular formula is C9H8ClN9. The standard InChI is InChI=1S/C9H8ClN9/c10-7-15-8(11-4-6-12-5-13-18-6)17-9(16-7)19-3-1-2-14-19/h1-3,5H,4H2,(H,12,13,18)(H,11,15,16,17). The van der Waals surface area contributed by atoms with Crippen molar-refractivity contribution >= 4 is 17.5 Å². The molecule has 0 aliphatic heterocycles. The first-order valence-electron chi connectivity index (χ1n) is 5.31. The molecule has 0 unspecified atom stereocenters. The molecule has 3 rings (SSSR count). The lowest BCUT2D eigenvalue weighted by Crippen LogP contribution is -2.10. The fourth-order valence-corrected chi connectivity index (χ4v) is 1.54. The zero-order valence-electron chi connectivity index (χ0n) is 9.52. The molecule has 0 bridgehead atoms. The van der Waals surface area contributed by atoms with Gasteiger partial charge in [0.1, 0.15) is 12.2 Å². The topological polar surface area (TPSA) is 110 Å². The van der Waals surface area contributed by atoms with Gasteiger partial charge in [0.25, 0.3) is 5.95 Å². The number of hydrogen-bond acceptors (Lipinski definition) is 7. The van der Waals surface area contributed by atoms with Gasteiger partial charge in [0, 0.05) is 12.4 Å². The number of aromatic nitrogens is 8. The van der Waals surface area contributed by atoms with Crippen molar-refractivity contribution in [2.24, 2.45) is 0 Å². The second-order valence-corrected chi connectivity index (χ2v) is 3.80. The minimum absolute atomic E-state index is 0.0839. The lowest BCUT2D eigenvalue weighted by atomic mass is 10.6. The summed E-state index contributed by atoms with van der Waals surface area (Å²) < 4.78 is 1.49. The molecule has 3 aromatic rings. The fourth-order valence-electron chi connectivity index (χ4n) is 1.39. The van der Waals surface area contributed by atoms with E-state index in [0.29, 0.717) is 24.3 Å². The van der Waals surface area contributed by atoms with Crippen LogP contribution in [0, 0.1) is 0 Å². The number of nitrogens with one attached hydrogen (secondary N) is 2. The predicted molar refractivity (Wildman–Crippen MR) is 65.7 cm³/mol. The second kappa shape index (κ2) is 4.98. The van der Waals surface area contributed by atoms with E-state index in [1.165, 1.54) is 11.0 Å². The predicted octanol–water partition coefficient (Wildman–Crippen LogP) is 0.441. The van der Waals surface area contributed by atoms with Crippen LogP contribution in [0.15, 0.2) is 24.8 Å². The lowest BCUT2D eigenvalue weighted by molar-refractivity contribution is 0.793. The van der Waals surface area contributed by atoms with Crippen LogP contribution in [0.2, 0.25) is 5.28 Å². The highest BCUT2D eigenvalue weighted by Crippen LogP contribution is 2.09. The van der Waals surface area contributed by atoms with Gasteiger partial charge in [0.05, 0.1) is 6.54 Å². The van der Waals surface area contributed by atoms with E-state index in [1.807, 2.05) is 0 Å². The van der Waals surface area contributed by atoms with Crippen LogP contribution < -0.4 is 5.32 Å². The highest BCUT2D eigenvalue weighted by molar-refractivity contribution is 6.28. The molecule has 0 fully saturated rings. The SMILES string of the molecule is Clc1nc(NCc2ncn[nH]2)nc(-n2cccn2)n1. The van der Waals surface area contributed by atoms with Crippen LogP contribution in [0.25, 0.3) is 5.95 Å². The van der Waals surface area contributed by atoms with E-state index in [1.54, 1.807) is 18.5 Å². The van der Waals surface area contributed by atoms with Crippen molar-refractivity contribution in [3.05, 3.63) is 35.9 Å². The van der Waals surface area contributed by atoms with E-state index in [2.05, 4.69) is 40.5 Å². The molecule has 10 heteroatoms. The van der Waals surface area contributed by atoms with Crippen LogP contribution in [-0.4, -0.2) is 39.9 Å². The summed E-state index contributed by atoms with van der Waals surface area (Å²) in [6, 6.07) is 1.76. The Labute approximate surface area is 112 Å². The maximum absolute atomic E-state index is 5.85. The smallest absolute Gasteiger partial charge is 0.256 e. The summed E-state index contributed by atoms with van der Waals surface area (Å²) in [6.45, 7) is 0.402. The number of aromatic amines is 1. The van der Waals surface area contributed by atoms with Crippen molar-refractivity contribution in [3.8, 4) is 5.95 Å². The van der Waals surface area contributed by atoms with Gasteiger partial charge in [-0.15, -0.1) is 0 Å². The Morgan fingerprint density at radius 3 is 3.00 bits per heavy atom. The maximum Gasteiger partial charge on any atom is 0.256 e. The number of H-pyrrole nitrogens is 1. The molecule has 96 valence electrons. The summed E-state index contributed by atoms with van der Waals surface area (Å²) >= 11 is 5.85. The van der Waals surface area contributed by atoms with Crippen molar-refractivity contribution in [1.82, 2.24) is 39.9 Å². The van der Waals surface area contributed by atoms with Gasteiger partial charge >= 0.3 is 0 Å². The Morgan fingerprint density at radius 1 is 1.32 bits per heavy atom. The summed E-state index contributed by atoms with van der Waals surface area (Å²) in [5.41, 5.74) is 0. The zero-order chi connectivity index (χ0) is 13.1. The van der Waals surface area contributed by atoms with Gasteiger partial charge in [-0.3, -0.25) is 5.10 Å². The average Bonchev–Trinajstić information content (AvgIpc) is 3.09. The number of halogens is 1. The molecule has 2 N–H and O–H groups in total. The molecule has 3 heterocycles. The second-order valence-electron chi connectivity index (χ2n) is 3.46. The Kier molecular flexibility index (Phi) is 3.02. The van der Waals surface area contributed by atoms with Gasteiger partial charge in [-0.1, -0.05) is 0 Å². The van der Waals surface area contributed by atoms with Gasteiger partial charge < -0.3 is 5.32 Å². The summed E-state index contributed by atoms with van der Waals surface area (Å²) in [5, 5.41) is 13.5. The van der Waals surface area contributed by atoms with Crippen LogP contribution in [0.1, 0.15) is 5.82 Å². The van der Waals surface area contributed by atoms with Crippen molar-refractivity contribution in [3.63, 3.8) is 0 Å². The first kappa shape index (κ1) is 11.5. The fraction of sp³-hybridized carbons (Fsp3) is 0.111. The molecule has 0 aromatic carbocycles. The van der Waals surface area contributed by atoms with Crippen LogP contribution in [0.3, 0.4) is 0 Å². The summed E-state index contributed by atoms with van der Waals surface area (Å²) in [6.07, 6.45) is 4.76. The monoisotopic (exact) mass is 277 g/mol. The van der Waals surface area contributed by atoms with Crippen molar-refractivity contribution in [1.29, 1.82) is 0 Å². The number of hydrogen-bond donors (Lipinski definition) is 2. The van der Waals surface area contributed by atoms with E-state index in [0.717, 1.165) is 0 Å². The molecule has 0 aliphatic rings. The van der Waals surface area contributed by atoms with E-state index < -0.39 is 0 Å². The molecule has 0 saturated heterocycles. The number of rotatable bonds is 4. The third-order valence-electron chi connectivity index (χ3n) is 2.18. The Balaban J connectivity index is 1.82. The highest BCUT2D eigenvalue weighted by atomic mass is 35.5. The molecule has 19 heavy (non-hydrogen) atoms. The van der Waals surface area contributed by atoms with Crippen LogP contribution in [0.5, 0.6) is 0 Å². The van der Waals surface area contributed by atoms with E-state index in [-0.39, 0.29) is 5.28 Å². The van der Waals surface area contributed by atoms with E-state index in [4.69, 9.17) is 11.6 Å². The largest absolute Gasteiger partial charge is 0.347 e. The molecule has 0 radical (unpaired) electrons. The molecule has 3 aromatic heterocycles. The van der Waals surface area contributed by atoms with Crippen molar-refractivity contribution in [2.45, 2.75) is 6.54 Å². The van der Waals surface area contributed by atoms with E-state index >= 15 is 0 Å². The third-order valence-corrected chi connectivity index (χ3v) is 2.35. The van der Waals surface area contributed by atoms with Gasteiger partial charge in [-0.05, 0) is 17.7 Å². The van der Waals surface area contributed by atoms with Crippen molar-refractivity contribution < 1.29 is 0 Å². The zero-order valence-corrected chi connectivity index (χ0v) is 10.3. The molecule has 9 nitrogen and oxygen atoms in total. The molecule has 0 saturated carbocycles. The summed E-state index contributed by atoms with van der Waals surface area (Å²) in [4.78, 5) is 16.1. The first-order valence-corrected chi connectivity index (χ1v) is 5.69. The minimum Gasteiger partial charge on any atom is -0.347 e. The van der Waals surface area contributed by atoms with Gasteiger partial charge in [-0.2, -0.15) is 25.1 Å². The number of anilines is 1. The quantitative estimate of drug-likeness (QED) is 0.712.